The van der Waals surface area contributed by atoms with E-state index >= 15 is 0 Å². The Balaban J connectivity index is 1.79. The molecule has 3 aromatic carbocycles. The highest BCUT2D eigenvalue weighted by Gasteiger charge is 2.29. The van der Waals surface area contributed by atoms with Gasteiger partial charge in [0.05, 0.1) is 0 Å². The predicted octanol–water partition coefficient (Wildman–Crippen LogP) is 4.98. The minimum Gasteiger partial charge on any atom is -0.344 e. The van der Waals surface area contributed by atoms with Crippen LogP contribution in [0.25, 0.3) is 0 Å². The first kappa shape index (κ1) is 18.0. The number of nitrogens with zero attached hydrogens (tertiary/aromatic N) is 1. The van der Waals surface area contributed by atoms with Crippen molar-refractivity contribution >= 4 is 44.7 Å². The molecule has 1 aliphatic rings. The molecule has 0 amide bonds. The van der Waals surface area contributed by atoms with Crippen LogP contribution < -0.4 is 20.8 Å². The summed E-state index contributed by atoms with van der Waals surface area (Å²) in [5.41, 5.74) is 1.09. The Morgan fingerprint density at radius 1 is 0.741 bits per heavy atom. The molecular weight excluding hydrogens is 417 g/mol. The largest absolute Gasteiger partial charge is 0.344 e. The zero-order valence-electron chi connectivity index (χ0n) is 14.7. The number of benzene rings is 3. The van der Waals surface area contributed by atoms with Crippen molar-refractivity contribution in [3.63, 3.8) is 0 Å². The maximum atomic E-state index is 14.4. The van der Waals surface area contributed by atoms with Gasteiger partial charge < -0.3 is 9.46 Å². The fraction of sp³-hybridized carbons (Fsp3) is 0.0435. The Bertz CT molecular complexity index is 1020. The molecule has 0 saturated heterocycles. The Morgan fingerprint density at radius 3 is 1.93 bits per heavy atom. The second-order valence-electron chi connectivity index (χ2n) is 6.36. The Hall–Kier alpha value is -2.35. The molecule has 1 aliphatic heterocycles. The fourth-order valence-corrected chi connectivity index (χ4v) is 6.14. The lowest BCUT2D eigenvalue weighted by Crippen LogP contribution is -2.25. The molecule has 0 radical (unpaired) electrons. The third-order valence-corrected chi connectivity index (χ3v) is 8.28. The van der Waals surface area contributed by atoms with E-state index < -0.39 is 7.14 Å². The summed E-state index contributed by atoms with van der Waals surface area (Å²) in [6.07, 6.45) is 8.24. The van der Waals surface area contributed by atoms with Crippen LogP contribution >= 0.6 is 23.1 Å². The van der Waals surface area contributed by atoms with Crippen molar-refractivity contribution in [2.45, 2.75) is 0 Å². The van der Waals surface area contributed by atoms with Gasteiger partial charge in [-0.3, -0.25) is 0 Å². The van der Waals surface area contributed by atoms with Gasteiger partial charge in [-0.05, 0) is 54.6 Å². The van der Waals surface area contributed by atoms with E-state index in [1.807, 2.05) is 91.0 Å². The summed E-state index contributed by atoms with van der Waals surface area (Å²) in [6.45, 7) is 0.846. The van der Waals surface area contributed by atoms with Crippen LogP contribution in [0.1, 0.15) is 0 Å². The summed E-state index contributed by atoms with van der Waals surface area (Å²) in [5.74, 6) is 0. The number of anilines is 1. The molecule has 2 nitrogen and oxygen atoms in total. The molecule has 27 heavy (non-hydrogen) atoms. The smallest absolute Gasteiger partial charge is 0.171 e. The Kier molecular flexibility index (Phi) is 5.15. The number of halogens is 1. The van der Waals surface area contributed by atoms with Gasteiger partial charge in [0.15, 0.2) is 7.14 Å². The minimum absolute atomic E-state index is 0.838. The maximum absolute atomic E-state index is 14.4. The van der Waals surface area contributed by atoms with Crippen LogP contribution in [0.3, 0.4) is 0 Å². The number of hydrogen-bond acceptors (Lipinski definition) is 2. The van der Waals surface area contributed by atoms with Crippen LogP contribution in [-0.2, 0) is 4.57 Å². The van der Waals surface area contributed by atoms with Gasteiger partial charge in [0.2, 0.25) is 0 Å². The van der Waals surface area contributed by atoms with Crippen molar-refractivity contribution in [1.82, 2.24) is 0 Å². The second-order valence-corrected chi connectivity index (χ2v) is 10.0. The van der Waals surface area contributed by atoms with E-state index in [1.165, 1.54) is 0 Å². The lowest BCUT2D eigenvalue weighted by atomic mass is 10.2. The summed E-state index contributed by atoms with van der Waals surface area (Å²) in [5, 5.41) is 2.53. The molecule has 4 rings (SSSR count). The van der Waals surface area contributed by atoms with Crippen molar-refractivity contribution in [2.75, 3.05) is 11.4 Å². The highest BCUT2D eigenvalue weighted by Crippen LogP contribution is 2.42. The summed E-state index contributed by atoms with van der Waals surface area (Å²) in [4.78, 5) is 2.16. The van der Waals surface area contributed by atoms with E-state index in [2.05, 4.69) is 33.1 Å². The molecule has 0 bridgehead atoms. The number of allylic oxidation sites excluding steroid dienone is 2. The topological polar surface area (TPSA) is 20.3 Å². The average Bonchev–Trinajstić information content (AvgIpc) is 2.75. The molecule has 0 fully saturated rings. The Labute approximate surface area is 168 Å². The predicted molar refractivity (Wildman–Crippen MR) is 119 cm³/mol. The van der Waals surface area contributed by atoms with E-state index in [4.69, 9.17) is 0 Å². The summed E-state index contributed by atoms with van der Waals surface area (Å²) >= 11 is 3.47. The van der Waals surface area contributed by atoms with Crippen molar-refractivity contribution in [1.29, 1.82) is 0 Å². The lowest BCUT2D eigenvalue weighted by Gasteiger charge is -2.23. The molecule has 3 aromatic rings. The lowest BCUT2D eigenvalue weighted by molar-refractivity contribution is 0.592. The normalized spacial score (nSPS) is 15.5. The zero-order valence-corrected chi connectivity index (χ0v) is 17.2. The van der Waals surface area contributed by atoms with Crippen LogP contribution in [0, 0.1) is 0 Å². The summed E-state index contributed by atoms with van der Waals surface area (Å²) < 4.78 is 15.3. The van der Waals surface area contributed by atoms with Crippen LogP contribution in [0.2, 0.25) is 0 Å². The first-order valence-corrected chi connectivity index (χ1v) is 11.3. The van der Waals surface area contributed by atoms with Crippen LogP contribution in [0.15, 0.2) is 108 Å². The molecule has 134 valence electrons. The second kappa shape index (κ2) is 7.72. The molecule has 1 atom stereocenters. The third kappa shape index (κ3) is 3.58. The zero-order chi connectivity index (χ0) is 18.7. The number of rotatable bonds is 4. The first-order chi connectivity index (χ1) is 13.2. The van der Waals surface area contributed by atoms with E-state index in [9.17, 15) is 4.57 Å². The van der Waals surface area contributed by atoms with Gasteiger partial charge in [0.25, 0.3) is 0 Å². The molecular formula is C23H19BrNOP. The summed E-state index contributed by atoms with van der Waals surface area (Å²) in [7, 11) is -2.93. The van der Waals surface area contributed by atoms with Crippen molar-refractivity contribution < 1.29 is 4.57 Å². The highest BCUT2D eigenvalue weighted by atomic mass is 79.9. The van der Waals surface area contributed by atoms with E-state index in [0.29, 0.717) is 0 Å². The molecule has 0 N–H and O–H groups in total. The monoisotopic (exact) mass is 435 g/mol. The Morgan fingerprint density at radius 2 is 1.33 bits per heavy atom. The first-order valence-electron chi connectivity index (χ1n) is 8.80. The van der Waals surface area contributed by atoms with Crippen LogP contribution in [0.5, 0.6) is 0 Å². The molecule has 0 aliphatic carbocycles. The molecule has 1 heterocycles. The van der Waals surface area contributed by atoms with E-state index in [1.54, 1.807) is 0 Å². The van der Waals surface area contributed by atoms with Gasteiger partial charge in [-0.15, -0.1) is 0 Å². The fourth-order valence-electron chi connectivity index (χ4n) is 3.25. The third-order valence-electron chi connectivity index (χ3n) is 4.67. The summed E-state index contributed by atoms with van der Waals surface area (Å²) in [6, 6.07) is 25.6. The van der Waals surface area contributed by atoms with Gasteiger partial charge in [-0.25, -0.2) is 0 Å². The quantitative estimate of drug-likeness (QED) is 0.538. The SMILES string of the molecule is O=P(c1ccccc1)(c1ccc(Br)cc1)c1ccc(N2C=CC=CC2)cc1. The number of hydrogen-bond donors (Lipinski definition) is 0. The molecule has 1 unspecified atom stereocenters. The van der Waals surface area contributed by atoms with Gasteiger partial charge in [0.1, 0.15) is 0 Å². The average molecular weight is 436 g/mol. The van der Waals surface area contributed by atoms with Gasteiger partial charge in [-0.2, -0.15) is 0 Å². The molecule has 0 saturated carbocycles. The minimum atomic E-state index is -2.93. The molecule has 4 heteroatoms. The van der Waals surface area contributed by atoms with Gasteiger partial charge in [-0.1, -0.05) is 58.4 Å². The van der Waals surface area contributed by atoms with Crippen molar-refractivity contribution in [2.24, 2.45) is 0 Å². The van der Waals surface area contributed by atoms with Crippen molar-refractivity contribution in [3.05, 3.63) is 108 Å². The van der Waals surface area contributed by atoms with Gasteiger partial charge in [0, 0.05) is 38.8 Å². The van der Waals surface area contributed by atoms with E-state index in [0.717, 1.165) is 32.6 Å². The van der Waals surface area contributed by atoms with Gasteiger partial charge >= 0.3 is 0 Å². The standard InChI is InChI=1S/C23H19BrNOP/c24-19-9-13-22(14-10-19)27(26,21-7-3-1-4-8-21)23-15-11-20(12-16-23)25-17-5-2-6-18-25/h1-17H,18H2. The highest BCUT2D eigenvalue weighted by molar-refractivity contribution is 9.10. The van der Waals surface area contributed by atoms with E-state index in [-0.39, 0.29) is 0 Å². The van der Waals surface area contributed by atoms with Crippen molar-refractivity contribution in [3.8, 4) is 0 Å². The molecule has 0 spiro atoms. The van der Waals surface area contributed by atoms with Crippen LogP contribution in [-0.4, -0.2) is 6.54 Å². The maximum Gasteiger partial charge on any atom is 0.171 e. The van der Waals surface area contributed by atoms with Crippen LogP contribution in [0.4, 0.5) is 5.69 Å². The molecule has 0 aromatic heterocycles.